The van der Waals surface area contributed by atoms with Crippen LogP contribution in [0.2, 0.25) is 10.0 Å². The fourth-order valence-corrected chi connectivity index (χ4v) is 5.26. The lowest BCUT2D eigenvalue weighted by molar-refractivity contribution is -0.142. The zero-order valence-corrected chi connectivity index (χ0v) is 22.6. The summed E-state index contributed by atoms with van der Waals surface area (Å²) in [5.41, 5.74) is -0.124. The number of methoxy groups -OCH3 is 1. The third kappa shape index (κ3) is 6.27. The first-order valence-corrected chi connectivity index (χ1v) is 12.8. The van der Waals surface area contributed by atoms with Crippen LogP contribution in [0.4, 0.5) is 18.9 Å². The van der Waals surface area contributed by atoms with Gasteiger partial charge >= 0.3 is 6.18 Å². The molecule has 1 aromatic carbocycles. The van der Waals surface area contributed by atoms with Gasteiger partial charge < -0.3 is 19.4 Å². The molecular weight excluding hydrogens is 532 g/mol. The number of benzene rings is 1. The highest BCUT2D eigenvalue weighted by atomic mass is 35.5. The Morgan fingerprint density at radius 1 is 1.14 bits per heavy atom. The second kappa shape index (κ2) is 11.3. The summed E-state index contributed by atoms with van der Waals surface area (Å²) in [5, 5.41) is 3.65. The minimum Gasteiger partial charge on any atom is -0.495 e. The monoisotopic (exact) mass is 562 g/mol. The number of anilines is 1. The van der Waals surface area contributed by atoms with Gasteiger partial charge in [-0.3, -0.25) is 14.4 Å². The average molecular weight is 563 g/mol. The fraction of sp³-hybridized carbons (Fsp3) is 0.583. The van der Waals surface area contributed by atoms with Gasteiger partial charge in [-0.05, 0) is 26.1 Å². The molecule has 2 fully saturated rings. The van der Waals surface area contributed by atoms with E-state index in [2.05, 4.69) is 26.8 Å². The van der Waals surface area contributed by atoms with Gasteiger partial charge in [-0.2, -0.15) is 18.3 Å². The first-order chi connectivity index (χ1) is 17.5. The van der Waals surface area contributed by atoms with Crippen LogP contribution in [0, 0.1) is 6.92 Å². The molecule has 1 amide bonds. The highest BCUT2D eigenvalue weighted by Crippen LogP contribution is 2.35. The number of carbonyl (C=O) groups is 1. The number of aromatic nitrogens is 2. The van der Waals surface area contributed by atoms with Crippen LogP contribution < -0.4 is 9.64 Å². The number of alkyl halides is 3. The van der Waals surface area contributed by atoms with E-state index in [0.29, 0.717) is 37.0 Å². The SMILES string of the molecule is COc1cc(N2CCN(C(=O)Cn3nc(C(F)(F)F)c(Cl)c3C)C(CN3CCN(C)CC3)C2)ccc1Cl. The van der Waals surface area contributed by atoms with Crippen LogP contribution in [0.1, 0.15) is 11.4 Å². The molecule has 2 aliphatic rings. The van der Waals surface area contributed by atoms with E-state index in [1.807, 2.05) is 12.1 Å². The summed E-state index contributed by atoms with van der Waals surface area (Å²) >= 11 is 12.1. The largest absolute Gasteiger partial charge is 0.495 e. The molecule has 1 unspecified atom stereocenters. The van der Waals surface area contributed by atoms with E-state index in [9.17, 15) is 18.0 Å². The lowest BCUT2D eigenvalue weighted by atomic mass is 10.1. The minimum absolute atomic E-state index is 0.116. The van der Waals surface area contributed by atoms with E-state index in [-0.39, 0.29) is 24.2 Å². The highest BCUT2D eigenvalue weighted by molar-refractivity contribution is 6.32. The van der Waals surface area contributed by atoms with Crippen molar-refractivity contribution in [1.82, 2.24) is 24.5 Å². The lowest BCUT2D eigenvalue weighted by Crippen LogP contribution is -2.60. The Morgan fingerprint density at radius 3 is 2.46 bits per heavy atom. The summed E-state index contributed by atoms with van der Waals surface area (Å²) in [5.74, 6) is 0.281. The number of ether oxygens (including phenoxy) is 1. The predicted molar refractivity (Wildman–Crippen MR) is 137 cm³/mol. The molecule has 0 bridgehead atoms. The number of hydrogen-bond acceptors (Lipinski definition) is 6. The van der Waals surface area contributed by atoms with E-state index in [1.54, 1.807) is 18.1 Å². The maximum absolute atomic E-state index is 13.4. The van der Waals surface area contributed by atoms with E-state index >= 15 is 0 Å². The van der Waals surface area contributed by atoms with Crippen LogP contribution >= 0.6 is 23.2 Å². The molecule has 0 radical (unpaired) electrons. The molecule has 0 saturated carbocycles. The number of piperazine rings is 2. The first kappa shape index (κ1) is 27.8. The van der Waals surface area contributed by atoms with Crippen molar-refractivity contribution < 1.29 is 22.7 Å². The minimum atomic E-state index is -4.69. The summed E-state index contributed by atoms with van der Waals surface area (Å²) < 4.78 is 46.3. The Morgan fingerprint density at radius 2 is 1.84 bits per heavy atom. The van der Waals surface area contributed by atoms with Crippen molar-refractivity contribution in [3.05, 3.63) is 39.6 Å². The highest BCUT2D eigenvalue weighted by Gasteiger charge is 2.39. The molecule has 0 aliphatic carbocycles. The second-order valence-corrected chi connectivity index (χ2v) is 10.3. The first-order valence-electron chi connectivity index (χ1n) is 12.1. The number of amides is 1. The van der Waals surface area contributed by atoms with Gasteiger partial charge in [0.25, 0.3) is 0 Å². The van der Waals surface area contributed by atoms with Crippen molar-refractivity contribution in [2.45, 2.75) is 25.7 Å². The molecule has 1 atom stereocenters. The molecule has 13 heteroatoms. The van der Waals surface area contributed by atoms with Crippen molar-refractivity contribution in [2.75, 3.05) is 71.4 Å². The Labute approximate surface area is 224 Å². The van der Waals surface area contributed by atoms with Gasteiger partial charge in [0.15, 0.2) is 5.69 Å². The quantitative estimate of drug-likeness (QED) is 0.537. The molecule has 4 rings (SSSR count). The van der Waals surface area contributed by atoms with Gasteiger partial charge in [0.05, 0.1) is 28.9 Å². The summed E-state index contributed by atoms with van der Waals surface area (Å²) in [6, 6.07) is 5.41. The third-order valence-corrected chi connectivity index (χ3v) is 7.82. The van der Waals surface area contributed by atoms with Crippen LogP contribution in [0.5, 0.6) is 5.75 Å². The van der Waals surface area contributed by atoms with Crippen LogP contribution in [0.15, 0.2) is 18.2 Å². The maximum Gasteiger partial charge on any atom is 0.436 e. The van der Waals surface area contributed by atoms with E-state index < -0.39 is 16.9 Å². The van der Waals surface area contributed by atoms with Crippen molar-refractivity contribution in [2.24, 2.45) is 0 Å². The van der Waals surface area contributed by atoms with Crippen molar-refractivity contribution in [1.29, 1.82) is 0 Å². The molecule has 0 spiro atoms. The molecule has 204 valence electrons. The molecule has 3 heterocycles. The van der Waals surface area contributed by atoms with Gasteiger partial charge in [-0.25, -0.2) is 0 Å². The van der Waals surface area contributed by atoms with Gasteiger partial charge in [0.1, 0.15) is 12.3 Å². The smallest absolute Gasteiger partial charge is 0.436 e. The van der Waals surface area contributed by atoms with Crippen molar-refractivity contribution in [3.63, 3.8) is 0 Å². The molecule has 2 aliphatic heterocycles. The van der Waals surface area contributed by atoms with Gasteiger partial charge in [0, 0.05) is 64.1 Å². The van der Waals surface area contributed by atoms with Gasteiger partial charge in [-0.15, -0.1) is 0 Å². The number of halogens is 5. The Hall–Kier alpha value is -2.21. The topological polar surface area (TPSA) is 57.1 Å². The van der Waals surface area contributed by atoms with Gasteiger partial charge in [-0.1, -0.05) is 23.2 Å². The zero-order valence-electron chi connectivity index (χ0n) is 21.1. The number of likely N-dealkylation sites (N-methyl/N-ethyl adjacent to an activating group) is 1. The predicted octanol–water partition coefficient (Wildman–Crippen LogP) is 3.49. The Bertz CT molecular complexity index is 1120. The van der Waals surface area contributed by atoms with Crippen molar-refractivity contribution >= 4 is 34.8 Å². The molecule has 8 nitrogen and oxygen atoms in total. The van der Waals surface area contributed by atoms with E-state index in [1.165, 1.54) is 6.92 Å². The molecular formula is C24H31Cl2F3N6O2. The number of rotatable bonds is 6. The average Bonchev–Trinajstić information content (AvgIpc) is 3.14. The Kier molecular flexibility index (Phi) is 8.47. The molecule has 2 saturated heterocycles. The normalized spacial score (nSPS) is 19.9. The lowest BCUT2D eigenvalue weighted by Gasteiger charge is -2.45. The van der Waals surface area contributed by atoms with E-state index in [4.69, 9.17) is 27.9 Å². The van der Waals surface area contributed by atoms with Crippen LogP contribution in [-0.4, -0.2) is 103 Å². The fourth-order valence-electron chi connectivity index (χ4n) is 4.83. The van der Waals surface area contributed by atoms with Crippen LogP contribution in [-0.2, 0) is 17.5 Å². The van der Waals surface area contributed by atoms with Gasteiger partial charge in [0.2, 0.25) is 5.91 Å². The zero-order chi connectivity index (χ0) is 26.9. The molecule has 37 heavy (non-hydrogen) atoms. The molecule has 1 aromatic heterocycles. The van der Waals surface area contributed by atoms with Crippen molar-refractivity contribution in [3.8, 4) is 5.75 Å². The third-order valence-electron chi connectivity index (χ3n) is 7.05. The van der Waals surface area contributed by atoms with E-state index in [0.717, 1.165) is 36.5 Å². The van der Waals surface area contributed by atoms with Crippen LogP contribution in [0.25, 0.3) is 0 Å². The maximum atomic E-state index is 13.4. The summed E-state index contributed by atoms with van der Waals surface area (Å²) in [4.78, 5) is 22.0. The number of carbonyl (C=O) groups excluding carboxylic acids is 1. The number of nitrogens with zero attached hydrogens (tertiary/aromatic N) is 6. The standard InChI is InChI=1S/C24H31Cl2F3N6O2/c1-16-22(26)23(24(27,28)29)30-35(16)15-21(36)34-11-10-33(17-4-5-19(25)20(12-17)37-3)14-18(34)13-32-8-6-31(2)7-9-32/h4-5,12,18H,6-11,13-15H2,1-3H3. The molecule has 0 N–H and O–H groups in total. The summed E-state index contributed by atoms with van der Waals surface area (Å²) in [7, 11) is 3.64. The number of hydrogen-bond donors (Lipinski definition) is 0. The summed E-state index contributed by atoms with van der Waals surface area (Å²) in [6.45, 7) is 6.96. The Balaban J connectivity index is 1.54. The second-order valence-electron chi connectivity index (χ2n) is 9.51. The van der Waals surface area contributed by atoms with Crippen LogP contribution in [0.3, 0.4) is 0 Å². The summed E-state index contributed by atoms with van der Waals surface area (Å²) in [6.07, 6.45) is -4.69. The molecule has 2 aromatic rings.